The van der Waals surface area contributed by atoms with Gasteiger partial charge in [-0.15, -0.1) is 0 Å². The van der Waals surface area contributed by atoms with Crippen molar-refractivity contribution >= 4 is 34.5 Å². The van der Waals surface area contributed by atoms with E-state index in [0.717, 1.165) is 28.5 Å². The van der Waals surface area contributed by atoms with Crippen molar-refractivity contribution < 1.29 is 0 Å². The molecular weight excluding hydrogens is 318 g/mol. The molecule has 0 unspecified atom stereocenters. The maximum Gasteiger partial charge on any atom is 0.135 e. The molecule has 0 aliphatic carbocycles. The van der Waals surface area contributed by atoms with E-state index in [9.17, 15) is 0 Å². The monoisotopic (exact) mass is 333 g/mol. The van der Waals surface area contributed by atoms with E-state index in [0.29, 0.717) is 11.6 Å². The number of para-hydroxylation sites is 1. The first-order valence-corrected chi connectivity index (χ1v) is 8.19. The van der Waals surface area contributed by atoms with E-state index in [-0.39, 0.29) is 0 Å². The van der Waals surface area contributed by atoms with Crippen LogP contribution in [0.15, 0.2) is 77.8 Å². The Morgan fingerprint density at radius 1 is 0.750 bits per heavy atom. The summed E-state index contributed by atoms with van der Waals surface area (Å²) in [4.78, 5) is 4.81. The number of fused-ring (bicyclic) bond motifs is 2. The summed E-state index contributed by atoms with van der Waals surface area (Å²) in [6.07, 6.45) is 0. The fourth-order valence-electron chi connectivity index (χ4n) is 2.75. The van der Waals surface area contributed by atoms with E-state index in [2.05, 4.69) is 34.9 Å². The highest BCUT2D eigenvalue weighted by atomic mass is 35.5. The molecule has 4 heteroatoms. The van der Waals surface area contributed by atoms with Gasteiger partial charge in [0.05, 0.1) is 17.9 Å². The highest BCUT2D eigenvalue weighted by Crippen LogP contribution is 2.33. The topological polar surface area (TPSA) is 36.4 Å². The summed E-state index contributed by atoms with van der Waals surface area (Å²) in [5.74, 6) is 0.836. The van der Waals surface area contributed by atoms with Gasteiger partial charge in [0.2, 0.25) is 0 Å². The Morgan fingerprint density at radius 2 is 1.54 bits per heavy atom. The highest BCUT2D eigenvalue weighted by Gasteiger charge is 2.17. The van der Waals surface area contributed by atoms with Crippen LogP contribution >= 0.6 is 11.6 Å². The summed E-state index contributed by atoms with van der Waals surface area (Å²) >= 11 is 6.15. The van der Waals surface area contributed by atoms with Crippen LogP contribution < -0.4 is 10.6 Å². The molecule has 0 saturated heterocycles. The molecule has 118 valence electrons. The lowest BCUT2D eigenvalue weighted by atomic mass is 10.1. The van der Waals surface area contributed by atoms with Gasteiger partial charge in [0.15, 0.2) is 0 Å². The van der Waals surface area contributed by atoms with E-state index >= 15 is 0 Å². The van der Waals surface area contributed by atoms with Gasteiger partial charge in [-0.2, -0.15) is 0 Å². The number of amidine groups is 1. The fraction of sp³-hybridized carbons (Fsp3) is 0.0500. The number of halogens is 1. The van der Waals surface area contributed by atoms with Crippen molar-refractivity contribution in [3.63, 3.8) is 0 Å². The minimum Gasteiger partial charge on any atom is -0.353 e. The molecule has 0 radical (unpaired) electrons. The quantitative estimate of drug-likeness (QED) is 0.653. The van der Waals surface area contributed by atoms with Crippen molar-refractivity contribution in [2.75, 3.05) is 10.6 Å². The molecule has 1 aliphatic heterocycles. The van der Waals surface area contributed by atoms with Gasteiger partial charge in [-0.05, 0) is 35.9 Å². The Kier molecular flexibility index (Phi) is 3.93. The molecule has 0 bridgehead atoms. The molecule has 0 atom stereocenters. The Bertz CT molecular complexity index is 904. The average Bonchev–Trinajstić information content (AvgIpc) is 2.77. The number of nitrogens with one attached hydrogen (secondary N) is 2. The van der Waals surface area contributed by atoms with Crippen molar-refractivity contribution in [3.8, 4) is 0 Å². The molecule has 3 aromatic rings. The number of benzene rings is 3. The van der Waals surface area contributed by atoms with Gasteiger partial charge >= 0.3 is 0 Å². The van der Waals surface area contributed by atoms with Crippen LogP contribution in [-0.2, 0) is 6.54 Å². The van der Waals surface area contributed by atoms with Crippen molar-refractivity contribution in [3.05, 3.63) is 88.9 Å². The van der Waals surface area contributed by atoms with Crippen LogP contribution in [0.4, 0.5) is 17.1 Å². The van der Waals surface area contributed by atoms with Crippen LogP contribution in [0.25, 0.3) is 0 Å². The average molecular weight is 334 g/mol. The van der Waals surface area contributed by atoms with E-state index < -0.39 is 0 Å². The van der Waals surface area contributed by atoms with E-state index in [4.69, 9.17) is 16.6 Å². The first kappa shape index (κ1) is 14.8. The van der Waals surface area contributed by atoms with Crippen molar-refractivity contribution in [1.82, 2.24) is 0 Å². The second-order valence-corrected chi connectivity index (χ2v) is 6.07. The van der Waals surface area contributed by atoms with Crippen molar-refractivity contribution in [2.45, 2.75) is 6.54 Å². The Hall–Kier alpha value is -2.78. The molecule has 0 fully saturated rings. The summed E-state index contributed by atoms with van der Waals surface area (Å²) in [5.41, 5.74) is 5.15. The number of aliphatic imine (C=N–C) groups is 1. The van der Waals surface area contributed by atoms with E-state index in [1.54, 1.807) is 0 Å². The number of anilines is 3. The first-order chi connectivity index (χ1) is 11.8. The Labute approximate surface area is 146 Å². The van der Waals surface area contributed by atoms with Crippen LogP contribution in [0.1, 0.15) is 11.1 Å². The minimum absolute atomic E-state index is 0.618. The molecule has 4 rings (SSSR count). The molecule has 0 amide bonds. The smallest absolute Gasteiger partial charge is 0.135 e. The van der Waals surface area contributed by atoms with Crippen LogP contribution in [0.2, 0.25) is 5.02 Å². The molecule has 1 heterocycles. The maximum absolute atomic E-state index is 6.15. The third kappa shape index (κ3) is 2.99. The standard InChI is InChI=1S/C20H16ClN3/c21-15-10-11-18-19(12-15)24-20(16-8-4-5-9-17(16)23-18)22-13-14-6-2-1-3-7-14/h1-12,23H,13H2,(H,22,24). The van der Waals surface area contributed by atoms with Crippen LogP contribution in [0.5, 0.6) is 0 Å². The zero-order chi connectivity index (χ0) is 16.4. The largest absolute Gasteiger partial charge is 0.353 e. The zero-order valence-corrected chi connectivity index (χ0v) is 13.7. The Morgan fingerprint density at radius 3 is 2.42 bits per heavy atom. The van der Waals surface area contributed by atoms with E-state index in [1.165, 1.54) is 5.56 Å². The van der Waals surface area contributed by atoms with Gasteiger partial charge in [-0.3, -0.25) is 4.99 Å². The zero-order valence-electron chi connectivity index (χ0n) is 13.0. The van der Waals surface area contributed by atoms with Crippen molar-refractivity contribution in [2.24, 2.45) is 4.99 Å². The second-order valence-electron chi connectivity index (χ2n) is 5.64. The van der Waals surface area contributed by atoms with E-state index in [1.807, 2.05) is 48.5 Å². The van der Waals surface area contributed by atoms with Gasteiger partial charge in [0.1, 0.15) is 5.84 Å². The highest BCUT2D eigenvalue weighted by molar-refractivity contribution is 6.31. The molecule has 0 spiro atoms. The molecule has 0 aromatic heterocycles. The summed E-state index contributed by atoms with van der Waals surface area (Å²) < 4.78 is 0. The van der Waals surface area contributed by atoms with Gasteiger partial charge in [0, 0.05) is 16.3 Å². The second kappa shape index (κ2) is 6.38. The van der Waals surface area contributed by atoms with Gasteiger partial charge in [0.25, 0.3) is 0 Å². The number of hydrogen-bond donors (Lipinski definition) is 2. The number of nitrogens with zero attached hydrogens (tertiary/aromatic N) is 1. The maximum atomic E-state index is 6.15. The molecule has 24 heavy (non-hydrogen) atoms. The molecule has 3 aromatic carbocycles. The molecular formula is C20H16ClN3. The lowest BCUT2D eigenvalue weighted by Gasteiger charge is -2.10. The first-order valence-electron chi connectivity index (χ1n) is 7.81. The van der Waals surface area contributed by atoms with Gasteiger partial charge in [-0.25, -0.2) is 0 Å². The molecule has 0 saturated carbocycles. The van der Waals surface area contributed by atoms with Crippen molar-refractivity contribution in [1.29, 1.82) is 0 Å². The lowest BCUT2D eigenvalue weighted by Crippen LogP contribution is -2.13. The van der Waals surface area contributed by atoms with Crippen LogP contribution in [0.3, 0.4) is 0 Å². The predicted octanol–water partition coefficient (Wildman–Crippen LogP) is 5.46. The van der Waals surface area contributed by atoms with Crippen LogP contribution in [0, 0.1) is 0 Å². The van der Waals surface area contributed by atoms with Gasteiger partial charge < -0.3 is 10.6 Å². The summed E-state index contributed by atoms with van der Waals surface area (Å²) in [6, 6.07) is 24.1. The number of hydrogen-bond acceptors (Lipinski definition) is 2. The summed E-state index contributed by atoms with van der Waals surface area (Å²) in [7, 11) is 0. The summed E-state index contributed by atoms with van der Waals surface area (Å²) in [6.45, 7) is 0.618. The van der Waals surface area contributed by atoms with Crippen LogP contribution in [-0.4, -0.2) is 5.84 Å². The predicted molar refractivity (Wildman–Crippen MR) is 101 cm³/mol. The minimum atomic E-state index is 0.618. The normalized spacial score (nSPS) is 14.1. The summed E-state index contributed by atoms with van der Waals surface area (Å²) in [5, 5.41) is 7.58. The lowest BCUT2D eigenvalue weighted by molar-refractivity contribution is 1.07. The molecule has 3 nitrogen and oxygen atoms in total. The SMILES string of the molecule is Clc1ccc2c(c1)NC(=NCc1ccccc1)c1ccccc1N2. The third-order valence-electron chi connectivity index (χ3n) is 3.95. The molecule has 1 aliphatic rings. The number of rotatable bonds is 2. The van der Waals surface area contributed by atoms with Gasteiger partial charge in [-0.1, -0.05) is 54.1 Å². The molecule has 2 N–H and O–H groups in total. The Balaban J connectivity index is 1.77. The third-order valence-corrected chi connectivity index (χ3v) is 4.18. The fourth-order valence-corrected chi connectivity index (χ4v) is 2.92.